The van der Waals surface area contributed by atoms with Crippen LogP contribution in [-0.4, -0.2) is 29.9 Å². The van der Waals surface area contributed by atoms with E-state index in [4.69, 9.17) is 17.3 Å². The number of hydrogen-bond acceptors (Lipinski definition) is 3. The number of amides is 1. The van der Waals surface area contributed by atoms with Crippen molar-refractivity contribution in [3.8, 4) is 0 Å². The van der Waals surface area contributed by atoms with Gasteiger partial charge in [-0.15, -0.1) is 16.5 Å². The van der Waals surface area contributed by atoms with Crippen molar-refractivity contribution in [2.24, 2.45) is 11.0 Å². The number of hydrogen-bond donors (Lipinski definition) is 1. The number of nitrogens with two attached hydrogens (primary N) is 1. The molecule has 1 amide bonds. The van der Waals surface area contributed by atoms with E-state index in [0.29, 0.717) is 0 Å². The molecule has 0 atom stereocenters. The Hall–Kier alpha value is -0.840. The lowest BCUT2D eigenvalue weighted by molar-refractivity contribution is -0.119. The maximum Gasteiger partial charge on any atom is 0.238 e. The van der Waals surface area contributed by atoms with Gasteiger partial charge in [0.15, 0.2) is 0 Å². The lowest BCUT2D eigenvalue weighted by atomic mass is 10.5. The van der Waals surface area contributed by atoms with Crippen LogP contribution in [-0.2, 0) is 4.79 Å². The molecule has 0 heterocycles. The zero-order valence-electron chi connectivity index (χ0n) is 5.29. The van der Waals surface area contributed by atoms with E-state index in [-0.39, 0.29) is 19.0 Å². The number of primary amides is 1. The Morgan fingerprint density at radius 2 is 2.30 bits per heavy atom. The number of carbonyl (C=O) groups excluding carboxylic acids is 1. The first-order valence-corrected chi connectivity index (χ1v) is 3.16. The van der Waals surface area contributed by atoms with Crippen LogP contribution in [0.1, 0.15) is 0 Å². The quantitative estimate of drug-likeness (QED) is 0.345. The second kappa shape index (κ2) is 4.99. The smallest absolute Gasteiger partial charge is 0.238 e. The van der Waals surface area contributed by atoms with Gasteiger partial charge in [0.2, 0.25) is 5.91 Å². The van der Waals surface area contributed by atoms with Crippen molar-refractivity contribution in [1.82, 2.24) is 5.01 Å². The molecule has 2 N–H and O–H groups in total. The van der Waals surface area contributed by atoms with Crippen molar-refractivity contribution < 1.29 is 4.79 Å². The van der Waals surface area contributed by atoms with Gasteiger partial charge in [0.05, 0.1) is 11.8 Å². The van der Waals surface area contributed by atoms with Gasteiger partial charge in [-0.1, -0.05) is 0 Å². The summed E-state index contributed by atoms with van der Waals surface area (Å²) in [5, 5.41) is 3.48. The standard InChI is InChI=1S/C4H8ClN3O2/c5-1-2-8(7-10)3-4(6)9/h1-3H2,(H2,6,9). The van der Waals surface area contributed by atoms with Crippen molar-refractivity contribution >= 4 is 17.5 Å². The van der Waals surface area contributed by atoms with Crippen molar-refractivity contribution in [3.63, 3.8) is 0 Å². The normalized spacial score (nSPS) is 8.90. The summed E-state index contributed by atoms with van der Waals surface area (Å²) in [5.41, 5.74) is 4.78. The number of nitrogens with zero attached hydrogens (tertiary/aromatic N) is 2. The fourth-order valence-corrected chi connectivity index (χ4v) is 0.621. The van der Waals surface area contributed by atoms with Crippen LogP contribution in [0, 0.1) is 4.91 Å². The highest BCUT2D eigenvalue weighted by Gasteiger charge is 2.04. The van der Waals surface area contributed by atoms with E-state index in [1.54, 1.807) is 0 Å². The first kappa shape index (κ1) is 9.16. The molecule has 0 aliphatic rings. The van der Waals surface area contributed by atoms with Gasteiger partial charge >= 0.3 is 0 Å². The molecule has 0 bridgehead atoms. The molecule has 0 rings (SSSR count). The maximum absolute atomic E-state index is 10.2. The topological polar surface area (TPSA) is 75.8 Å². The third kappa shape index (κ3) is 4.08. The summed E-state index contributed by atoms with van der Waals surface area (Å²) in [4.78, 5) is 20.0. The Balaban J connectivity index is 3.59. The third-order valence-electron chi connectivity index (χ3n) is 0.796. The maximum atomic E-state index is 10.2. The largest absolute Gasteiger partial charge is 0.368 e. The van der Waals surface area contributed by atoms with Gasteiger partial charge in [0.1, 0.15) is 6.54 Å². The minimum absolute atomic E-state index is 0.170. The zero-order valence-corrected chi connectivity index (χ0v) is 6.04. The molecule has 0 saturated heterocycles. The van der Waals surface area contributed by atoms with Crippen LogP contribution in [0.5, 0.6) is 0 Å². The van der Waals surface area contributed by atoms with E-state index in [9.17, 15) is 9.70 Å². The van der Waals surface area contributed by atoms with E-state index >= 15 is 0 Å². The molecule has 58 valence electrons. The van der Waals surface area contributed by atoms with Gasteiger partial charge in [-0.25, -0.2) is 0 Å². The van der Waals surface area contributed by atoms with Gasteiger partial charge in [-0.05, 0) is 0 Å². The van der Waals surface area contributed by atoms with Crippen LogP contribution in [0.4, 0.5) is 0 Å². The fourth-order valence-electron chi connectivity index (χ4n) is 0.426. The summed E-state index contributed by atoms with van der Waals surface area (Å²) in [7, 11) is 0. The molecule has 0 aromatic rings. The molecule has 0 aliphatic carbocycles. The lowest BCUT2D eigenvalue weighted by Crippen LogP contribution is -2.30. The Labute approximate surface area is 63.1 Å². The van der Waals surface area contributed by atoms with Crippen LogP contribution >= 0.6 is 11.6 Å². The SMILES string of the molecule is NC(=O)CN(CCCl)N=O. The summed E-state index contributed by atoms with van der Waals surface area (Å²) in [6, 6.07) is 0. The monoisotopic (exact) mass is 165 g/mol. The second-order valence-corrected chi connectivity index (χ2v) is 2.00. The second-order valence-electron chi connectivity index (χ2n) is 1.63. The van der Waals surface area contributed by atoms with E-state index in [2.05, 4.69) is 5.29 Å². The third-order valence-corrected chi connectivity index (χ3v) is 0.965. The van der Waals surface area contributed by atoms with E-state index < -0.39 is 5.91 Å². The molecule has 6 heteroatoms. The van der Waals surface area contributed by atoms with Crippen LogP contribution in [0.2, 0.25) is 0 Å². The van der Waals surface area contributed by atoms with Crippen molar-refractivity contribution in [2.75, 3.05) is 19.0 Å². The molecular formula is C4H8ClN3O2. The molecule has 10 heavy (non-hydrogen) atoms. The summed E-state index contributed by atoms with van der Waals surface area (Å²) < 4.78 is 0. The van der Waals surface area contributed by atoms with Crippen molar-refractivity contribution in [3.05, 3.63) is 4.91 Å². The zero-order chi connectivity index (χ0) is 7.98. The molecule has 0 aromatic heterocycles. The summed E-state index contributed by atoms with van der Waals surface area (Å²) >= 11 is 5.27. The summed E-state index contributed by atoms with van der Waals surface area (Å²) in [6.45, 7) is 0.0736. The molecule has 0 saturated carbocycles. The highest BCUT2D eigenvalue weighted by Crippen LogP contribution is 1.88. The molecule has 0 unspecified atom stereocenters. The lowest BCUT2D eigenvalue weighted by Gasteiger charge is -2.09. The minimum atomic E-state index is -0.593. The van der Waals surface area contributed by atoms with E-state index in [1.807, 2.05) is 0 Å². The molecular weight excluding hydrogens is 158 g/mol. The van der Waals surface area contributed by atoms with Gasteiger partial charge in [0.25, 0.3) is 0 Å². The number of alkyl halides is 1. The number of rotatable bonds is 5. The van der Waals surface area contributed by atoms with Crippen LogP contribution in [0.3, 0.4) is 0 Å². The van der Waals surface area contributed by atoms with Crippen LogP contribution < -0.4 is 5.73 Å². The first-order valence-electron chi connectivity index (χ1n) is 2.63. The number of halogens is 1. The average Bonchev–Trinajstić information content (AvgIpc) is 1.86. The fraction of sp³-hybridized carbons (Fsp3) is 0.750. The van der Waals surface area contributed by atoms with E-state index in [1.165, 1.54) is 0 Å². The minimum Gasteiger partial charge on any atom is -0.368 e. The predicted octanol–water partition coefficient (Wildman–Crippen LogP) is -0.306. The van der Waals surface area contributed by atoms with E-state index in [0.717, 1.165) is 5.01 Å². The van der Waals surface area contributed by atoms with Crippen molar-refractivity contribution in [2.45, 2.75) is 0 Å². The van der Waals surface area contributed by atoms with Crippen LogP contribution in [0.15, 0.2) is 5.29 Å². The van der Waals surface area contributed by atoms with Gasteiger partial charge in [-0.2, -0.15) is 0 Å². The molecule has 0 fully saturated rings. The average molecular weight is 166 g/mol. The Morgan fingerprint density at radius 3 is 2.60 bits per heavy atom. The Morgan fingerprint density at radius 1 is 1.70 bits per heavy atom. The highest BCUT2D eigenvalue weighted by molar-refractivity contribution is 6.18. The summed E-state index contributed by atoms with van der Waals surface area (Å²) in [6.07, 6.45) is 0. The highest BCUT2D eigenvalue weighted by atomic mass is 35.5. The molecule has 5 nitrogen and oxygen atoms in total. The van der Waals surface area contributed by atoms with Gasteiger partial charge in [0, 0.05) is 5.88 Å². The van der Waals surface area contributed by atoms with Gasteiger partial charge < -0.3 is 5.73 Å². The first-order chi connectivity index (χ1) is 4.70. The molecule has 0 aromatic carbocycles. The number of nitroso groups, excluding NO2 is 1. The number of carbonyl (C=O) groups is 1. The Bertz CT molecular complexity index is 130. The Kier molecular flexibility index (Phi) is 4.57. The molecule has 0 spiro atoms. The molecule has 0 aliphatic heterocycles. The van der Waals surface area contributed by atoms with Crippen molar-refractivity contribution in [1.29, 1.82) is 0 Å². The summed E-state index contributed by atoms with van der Waals surface area (Å²) in [5.74, 6) is -0.344. The van der Waals surface area contributed by atoms with Crippen LogP contribution in [0.25, 0.3) is 0 Å². The predicted molar refractivity (Wildman–Crippen MR) is 37.3 cm³/mol. The molecule has 0 radical (unpaired) electrons. The van der Waals surface area contributed by atoms with Gasteiger partial charge in [-0.3, -0.25) is 9.80 Å².